The van der Waals surface area contributed by atoms with Crippen molar-refractivity contribution in [2.24, 2.45) is 0 Å². The second kappa shape index (κ2) is 3.23. The van der Waals surface area contributed by atoms with Crippen molar-refractivity contribution in [1.29, 1.82) is 0 Å². The van der Waals surface area contributed by atoms with Gasteiger partial charge in [-0.3, -0.25) is 0 Å². The van der Waals surface area contributed by atoms with E-state index in [1.54, 1.807) is 6.07 Å². The molecule has 1 aromatic heterocycles. The molecule has 1 aromatic rings. The average molecular weight is 151 g/mol. The van der Waals surface area contributed by atoms with Crippen molar-refractivity contribution in [3.63, 3.8) is 0 Å². The highest BCUT2D eigenvalue weighted by Crippen LogP contribution is 2.13. The molecule has 2 N–H and O–H groups in total. The summed E-state index contributed by atoms with van der Waals surface area (Å²) in [6.45, 7) is 4.37. The normalized spacial score (nSPS) is 9.64. The predicted octanol–water partition coefficient (Wildman–Crippen LogP) is 1.17. The standard InChI is InChI=1S/C8H11N2O/c1-3-11-7-4-6(2)10-8(9)5-7/h5H,3H2,1-2H3,(H2,9,10). The molecule has 0 aliphatic carbocycles. The molecule has 0 aliphatic rings. The van der Waals surface area contributed by atoms with Gasteiger partial charge in [0.25, 0.3) is 0 Å². The van der Waals surface area contributed by atoms with E-state index in [0.717, 1.165) is 5.69 Å². The number of rotatable bonds is 2. The first-order chi connectivity index (χ1) is 5.22. The van der Waals surface area contributed by atoms with Gasteiger partial charge in [-0.15, -0.1) is 0 Å². The molecule has 0 amide bonds. The molecule has 59 valence electrons. The van der Waals surface area contributed by atoms with Gasteiger partial charge in [-0.05, 0) is 13.8 Å². The van der Waals surface area contributed by atoms with Gasteiger partial charge in [-0.25, -0.2) is 4.98 Å². The molecule has 0 bridgehead atoms. The number of nitrogens with zero attached hydrogens (tertiary/aromatic N) is 1. The Kier molecular flexibility index (Phi) is 2.31. The van der Waals surface area contributed by atoms with Crippen molar-refractivity contribution < 1.29 is 4.74 Å². The third-order valence-electron chi connectivity index (χ3n) is 1.18. The van der Waals surface area contributed by atoms with Crippen molar-refractivity contribution in [1.82, 2.24) is 4.98 Å². The van der Waals surface area contributed by atoms with Crippen LogP contribution in [0.25, 0.3) is 0 Å². The lowest BCUT2D eigenvalue weighted by Gasteiger charge is -2.03. The molecule has 3 heteroatoms. The lowest BCUT2D eigenvalue weighted by Crippen LogP contribution is -1.97. The fourth-order valence-corrected chi connectivity index (χ4v) is 0.836. The molecule has 0 unspecified atom stereocenters. The van der Waals surface area contributed by atoms with E-state index >= 15 is 0 Å². The van der Waals surface area contributed by atoms with E-state index in [9.17, 15) is 0 Å². The zero-order chi connectivity index (χ0) is 8.27. The van der Waals surface area contributed by atoms with Crippen molar-refractivity contribution in [3.8, 4) is 5.75 Å². The highest BCUT2D eigenvalue weighted by molar-refractivity contribution is 5.37. The van der Waals surface area contributed by atoms with Gasteiger partial charge in [-0.2, -0.15) is 0 Å². The summed E-state index contributed by atoms with van der Waals surface area (Å²) >= 11 is 0. The molecule has 0 saturated carbocycles. The summed E-state index contributed by atoms with van der Waals surface area (Å²) in [4.78, 5) is 3.96. The number of ether oxygens (including phenoxy) is 1. The van der Waals surface area contributed by atoms with Crippen LogP contribution < -0.4 is 10.5 Å². The van der Waals surface area contributed by atoms with Crippen molar-refractivity contribution in [3.05, 3.63) is 17.8 Å². The van der Waals surface area contributed by atoms with Crippen LogP contribution >= 0.6 is 0 Å². The molecule has 0 atom stereocenters. The van der Waals surface area contributed by atoms with Crippen LogP contribution in [0.3, 0.4) is 0 Å². The molecular weight excluding hydrogens is 140 g/mol. The minimum atomic E-state index is 0.477. The van der Waals surface area contributed by atoms with Gasteiger partial charge in [0.1, 0.15) is 11.6 Å². The van der Waals surface area contributed by atoms with Crippen LogP contribution in [0.15, 0.2) is 6.07 Å². The Bertz CT molecular complexity index is 228. The quantitative estimate of drug-likeness (QED) is 0.690. The molecule has 1 heterocycles. The molecule has 0 aromatic carbocycles. The van der Waals surface area contributed by atoms with Crippen LogP contribution in [-0.4, -0.2) is 11.6 Å². The van der Waals surface area contributed by atoms with E-state index in [2.05, 4.69) is 11.1 Å². The van der Waals surface area contributed by atoms with Crippen LogP contribution in [0.4, 0.5) is 5.82 Å². The van der Waals surface area contributed by atoms with Crippen molar-refractivity contribution in [2.45, 2.75) is 13.8 Å². The Labute approximate surface area is 66.2 Å². The maximum absolute atomic E-state index is 5.48. The number of hydrogen-bond donors (Lipinski definition) is 1. The number of aromatic nitrogens is 1. The van der Waals surface area contributed by atoms with Gasteiger partial charge < -0.3 is 10.5 Å². The largest absolute Gasteiger partial charge is 0.493 e. The Balaban J connectivity index is 2.89. The van der Waals surface area contributed by atoms with E-state index in [1.165, 1.54) is 0 Å². The number of pyridine rings is 1. The number of anilines is 1. The topological polar surface area (TPSA) is 48.1 Å². The maximum Gasteiger partial charge on any atom is 0.132 e. The second-order valence-electron chi connectivity index (χ2n) is 2.19. The molecule has 11 heavy (non-hydrogen) atoms. The summed E-state index contributed by atoms with van der Waals surface area (Å²) in [6.07, 6.45) is 0. The first kappa shape index (κ1) is 7.85. The molecule has 3 nitrogen and oxygen atoms in total. The second-order valence-corrected chi connectivity index (χ2v) is 2.19. The third kappa shape index (κ3) is 2.11. The van der Waals surface area contributed by atoms with Crippen LogP contribution in [0.2, 0.25) is 0 Å². The summed E-state index contributed by atoms with van der Waals surface area (Å²) in [6, 6.07) is 4.60. The van der Waals surface area contributed by atoms with Gasteiger partial charge in [0.2, 0.25) is 0 Å². The van der Waals surface area contributed by atoms with Crippen molar-refractivity contribution >= 4 is 5.82 Å². The van der Waals surface area contributed by atoms with Gasteiger partial charge in [0.15, 0.2) is 0 Å². The van der Waals surface area contributed by atoms with E-state index in [-0.39, 0.29) is 0 Å². The van der Waals surface area contributed by atoms with E-state index in [1.807, 2.05) is 13.8 Å². The number of hydrogen-bond acceptors (Lipinski definition) is 3. The lowest BCUT2D eigenvalue weighted by molar-refractivity contribution is 0.339. The average Bonchev–Trinajstić information content (AvgIpc) is 1.85. The first-order valence-corrected chi connectivity index (χ1v) is 3.51. The fraction of sp³-hybridized carbons (Fsp3) is 0.375. The zero-order valence-corrected chi connectivity index (χ0v) is 6.72. The first-order valence-electron chi connectivity index (χ1n) is 3.51. The van der Waals surface area contributed by atoms with Crippen molar-refractivity contribution in [2.75, 3.05) is 12.3 Å². The SMILES string of the molecule is CCOc1[c]c(C)nc(N)c1. The third-order valence-corrected chi connectivity index (χ3v) is 1.18. The summed E-state index contributed by atoms with van der Waals surface area (Å²) in [5.74, 6) is 1.14. The molecule has 1 radical (unpaired) electrons. The Morgan fingerprint density at radius 1 is 1.73 bits per heavy atom. The van der Waals surface area contributed by atoms with Gasteiger partial charge in [0.05, 0.1) is 18.4 Å². The number of nitrogens with two attached hydrogens (primary N) is 1. The monoisotopic (exact) mass is 151 g/mol. The van der Waals surface area contributed by atoms with E-state index in [4.69, 9.17) is 10.5 Å². The molecule has 1 rings (SSSR count). The lowest BCUT2D eigenvalue weighted by atomic mass is 10.3. The highest BCUT2D eigenvalue weighted by atomic mass is 16.5. The van der Waals surface area contributed by atoms with Gasteiger partial charge in [0, 0.05) is 6.07 Å². The summed E-state index contributed by atoms with van der Waals surface area (Å²) < 4.78 is 5.19. The maximum atomic E-state index is 5.48. The predicted molar refractivity (Wildman–Crippen MR) is 43.4 cm³/mol. The molecule has 0 fully saturated rings. The summed E-state index contributed by atoms with van der Waals surface area (Å²) in [7, 11) is 0. The van der Waals surface area contributed by atoms with Crippen LogP contribution in [0.1, 0.15) is 12.6 Å². The summed E-state index contributed by atoms with van der Waals surface area (Å²) in [5, 5.41) is 0. The minimum absolute atomic E-state index is 0.477. The zero-order valence-electron chi connectivity index (χ0n) is 6.72. The molecular formula is C8H11N2O. The molecule has 0 spiro atoms. The Morgan fingerprint density at radius 2 is 2.45 bits per heavy atom. The van der Waals surface area contributed by atoms with Gasteiger partial charge in [-0.1, -0.05) is 0 Å². The summed E-state index contributed by atoms with van der Waals surface area (Å²) in [5.41, 5.74) is 6.24. The number of aryl methyl sites for hydroxylation is 1. The Morgan fingerprint density at radius 3 is 3.00 bits per heavy atom. The van der Waals surface area contributed by atoms with Crippen LogP contribution in [0, 0.1) is 13.0 Å². The van der Waals surface area contributed by atoms with Gasteiger partial charge >= 0.3 is 0 Å². The highest BCUT2D eigenvalue weighted by Gasteiger charge is 1.96. The van der Waals surface area contributed by atoms with Crippen LogP contribution in [0.5, 0.6) is 5.75 Å². The molecule has 0 saturated heterocycles. The van der Waals surface area contributed by atoms with E-state index < -0.39 is 0 Å². The number of nitrogen functional groups attached to an aromatic ring is 1. The minimum Gasteiger partial charge on any atom is -0.493 e. The Hall–Kier alpha value is -1.25. The van der Waals surface area contributed by atoms with Crippen LogP contribution in [-0.2, 0) is 0 Å². The molecule has 0 aliphatic heterocycles. The van der Waals surface area contributed by atoms with E-state index in [0.29, 0.717) is 18.2 Å². The fourth-order valence-electron chi connectivity index (χ4n) is 0.836. The smallest absolute Gasteiger partial charge is 0.132 e.